The number of hydrogen-bond donors (Lipinski definition) is 2. The highest BCUT2D eigenvalue weighted by molar-refractivity contribution is 9.10. The van der Waals surface area contributed by atoms with E-state index in [0.29, 0.717) is 5.69 Å². The number of thiazole rings is 1. The predicted octanol–water partition coefficient (Wildman–Crippen LogP) is 2.11. The second-order valence-corrected chi connectivity index (χ2v) is 7.25. The number of carboxylic acid groups (broad SMARTS) is 1. The van der Waals surface area contributed by atoms with Crippen molar-refractivity contribution in [3.8, 4) is 0 Å². The Hall–Kier alpha value is -1.52. The minimum absolute atomic E-state index is 0.107. The van der Waals surface area contributed by atoms with Crippen molar-refractivity contribution in [3.63, 3.8) is 0 Å². The molecule has 7 nitrogen and oxygen atoms in total. The average molecular weight is 378 g/mol. The molecule has 0 aromatic carbocycles. The second kappa shape index (κ2) is 5.46. The van der Waals surface area contributed by atoms with Crippen molar-refractivity contribution >= 4 is 49.1 Å². The highest BCUT2D eigenvalue weighted by atomic mass is 79.9. The Morgan fingerprint density at radius 3 is 2.75 bits per heavy atom. The van der Waals surface area contributed by atoms with Crippen LogP contribution in [0.15, 0.2) is 26.3 Å². The first kappa shape index (κ1) is 14.9. The fourth-order valence-electron chi connectivity index (χ4n) is 1.35. The standard InChI is InChI=1S/C10H8BrN3O4S2/c1-5-6(11)2-3-7(13-5)14-20(17,18)10-8(9(15)16)12-4-19-10/h2-4H,1H3,(H,13,14)(H,15,16). The third-order valence-corrected chi connectivity index (χ3v) is 5.80. The molecule has 0 radical (unpaired) electrons. The van der Waals surface area contributed by atoms with Crippen LogP contribution in [0.1, 0.15) is 16.2 Å². The third kappa shape index (κ3) is 2.97. The third-order valence-electron chi connectivity index (χ3n) is 2.24. The van der Waals surface area contributed by atoms with E-state index >= 15 is 0 Å². The van der Waals surface area contributed by atoms with Crippen LogP contribution in [-0.2, 0) is 10.0 Å². The summed E-state index contributed by atoms with van der Waals surface area (Å²) in [6.45, 7) is 1.71. The van der Waals surface area contributed by atoms with E-state index in [1.54, 1.807) is 13.0 Å². The van der Waals surface area contributed by atoms with Crippen molar-refractivity contribution in [3.05, 3.63) is 33.5 Å². The normalized spacial score (nSPS) is 11.3. The van der Waals surface area contributed by atoms with Crippen molar-refractivity contribution in [1.29, 1.82) is 0 Å². The Kier molecular flexibility index (Phi) is 4.06. The van der Waals surface area contributed by atoms with Crippen LogP contribution in [0.3, 0.4) is 0 Å². The molecule has 0 spiro atoms. The lowest BCUT2D eigenvalue weighted by molar-refractivity contribution is 0.0687. The fourth-order valence-corrected chi connectivity index (χ4v) is 3.72. The maximum atomic E-state index is 12.1. The van der Waals surface area contributed by atoms with E-state index in [1.165, 1.54) is 6.07 Å². The van der Waals surface area contributed by atoms with Gasteiger partial charge in [-0.2, -0.15) is 0 Å². The summed E-state index contributed by atoms with van der Waals surface area (Å²) >= 11 is 3.98. The number of rotatable bonds is 4. The first-order valence-corrected chi connectivity index (χ1v) is 8.29. The van der Waals surface area contributed by atoms with E-state index in [4.69, 9.17) is 5.11 Å². The summed E-state index contributed by atoms with van der Waals surface area (Å²) in [7, 11) is -4.03. The van der Waals surface area contributed by atoms with Gasteiger partial charge in [0, 0.05) is 4.47 Å². The van der Waals surface area contributed by atoms with Crippen LogP contribution >= 0.6 is 27.3 Å². The van der Waals surface area contributed by atoms with E-state index in [-0.39, 0.29) is 10.0 Å². The molecule has 2 rings (SSSR count). The van der Waals surface area contributed by atoms with Crippen molar-refractivity contribution < 1.29 is 18.3 Å². The number of hydrogen-bond acceptors (Lipinski definition) is 6. The highest BCUT2D eigenvalue weighted by Gasteiger charge is 2.26. The van der Waals surface area contributed by atoms with Gasteiger partial charge in [0.05, 0.1) is 11.2 Å². The van der Waals surface area contributed by atoms with Crippen LogP contribution in [0, 0.1) is 6.92 Å². The monoisotopic (exact) mass is 377 g/mol. The van der Waals surface area contributed by atoms with Gasteiger partial charge in [-0.15, -0.1) is 11.3 Å². The van der Waals surface area contributed by atoms with Gasteiger partial charge in [-0.05, 0) is 35.0 Å². The van der Waals surface area contributed by atoms with E-state index < -0.39 is 21.7 Å². The Morgan fingerprint density at radius 2 is 2.15 bits per heavy atom. The molecule has 0 amide bonds. The molecule has 0 unspecified atom stereocenters. The molecule has 2 heterocycles. The first-order chi connectivity index (χ1) is 9.31. The molecule has 2 N–H and O–H groups in total. The van der Waals surface area contributed by atoms with Gasteiger partial charge in [-0.25, -0.2) is 23.2 Å². The number of halogens is 1. The molecule has 0 fully saturated rings. The summed E-state index contributed by atoms with van der Waals surface area (Å²) in [5, 5.41) is 8.89. The molecule has 0 saturated heterocycles. The minimum Gasteiger partial charge on any atom is -0.476 e. The minimum atomic E-state index is -4.03. The maximum absolute atomic E-state index is 12.1. The Bertz CT molecular complexity index is 773. The molecule has 106 valence electrons. The quantitative estimate of drug-likeness (QED) is 0.844. The number of aryl methyl sites for hydroxylation is 1. The lowest BCUT2D eigenvalue weighted by atomic mass is 10.4. The topological polar surface area (TPSA) is 109 Å². The van der Waals surface area contributed by atoms with Crippen LogP contribution in [-0.4, -0.2) is 29.5 Å². The van der Waals surface area contributed by atoms with Crippen molar-refractivity contribution in [2.24, 2.45) is 0 Å². The molecular formula is C10H8BrN3O4S2. The highest BCUT2D eigenvalue weighted by Crippen LogP contribution is 2.23. The summed E-state index contributed by atoms with van der Waals surface area (Å²) in [4.78, 5) is 18.5. The molecule has 10 heteroatoms. The predicted molar refractivity (Wildman–Crippen MR) is 76.6 cm³/mol. The Morgan fingerprint density at radius 1 is 1.45 bits per heavy atom. The summed E-state index contributed by atoms with van der Waals surface area (Å²) in [6, 6.07) is 3.11. The van der Waals surface area contributed by atoms with Crippen LogP contribution in [0.5, 0.6) is 0 Å². The number of carboxylic acids is 1. The van der Waals surface area contributed by atoms with Crippen molar-refractivity contribution in [2.45, 2.75) is 11.1 Å². The number of sulfonamides is 1. The molecule has 0 bridgehead atoms. The van der Waals surface area contributed by atoms with Crippen molar-refractivity contribution in [1.82, 2.24) is 9.97 Å². The summed E-state index contributed by atoms with van der Waals surface area (Å²) in [6.07, 6.45) is 0. The number of carbonyl (C=O) groups is 1. The lowest BCUT2D eigenvalue weighted by Crippen LogP contribution is -2.16. The van der Waals surface area contributed by atoms with Gasteiger partial charge in [-0.1, -0.05) is 0 Å². The Labute approximate surface area is 126 Å². The van der Waals surface area contributed by atoms with Gasteiger partial charge in [-0.3, -0.25) is 4.72 Å². The number of nitrogens with zero attached hydrogens (tertiary/aromatic N) is 2. The van der Waals surface area contributed by atoms with Gasteiger partial charge in [0.2, 0.25) is 0 Å². The largest absolute Gasteiger partial charge is 0.476 e. The smallest absolute Gasteiger partial charge is 0.356 e. The molecule has 0 atom stereocenters. The molecule has 0 aliphatic carbocycles. The average Bonchev–Trinajstić information content (AvgIpc) is 2.83. The van der Waals surface area contributed by atoms with Gasteiger partial charge in [0.15, 0.2) is 9.90 Å². The molecule has 2 aromatic rings. The molecule has 0 saturated carbocycles. The maximum Gasteiger partial charge on any atom is 0.356 e. The van der Waals surface area contributed by atoms with E-state index in [0.717, 1.165) is 21.3 Å². The number of pyridine rings is 1. The zero-order valence-electron chi connectivity index (χ0n) is 9.99. The van der Waals surface area contributed by atoms with Crippen molar-refractivity contribution in [2.75, 3.05) is 4.72 Å². The summed E-state index contributed by atoms with van der Waals surface area (Å²) in [5.74, 6) is -1.29. The number of anilines is 1. The van der Waals surface area contributed by atoms with E-state index in [9.17, 15) is 13.2 Å². The first-order valence-electron chi connectivity index (χ1n) is 5.14. The zero-order chi connectivity index (χ0) is 14.9. The number of nitrogens with one attached hydrogen (secondary N) is 1. The molecule has 0 aliphatic rings. The van der Waals surface area contributed by atoms with Crippen LogP contribution in [0.2, 0.25) is 0 Å². The second-order valence-electron chi connectivity index (χ2n) is 3.66. The number of aromatic nitrogens is 2. The molecule has 0 aliphatic heterocycles. The molecule has 20 heavy (non-hydrogen) atoms. The van der Waals surface area contributed by atoms with Gasteiger partial charge in [0.1, 0.15) is 5.82 Å². The number of aromatic carboxylic acids is 1. The summed E-state index contributed by atoms with van der Waals surface area (Å²) < 4.78 is 26.9. The Balaban J connectivity index is 2.38. The summed E-state index contributed by atoms with van der Waals surface area (Å²) in [5.41, 5.74) is 1.27. The SMILES string of the molecule is Cc1nc(NS(=O)(=O)c2scnc2C(=O)O)ccc1Br. The van der Waals surface area contributed by atoms with E-state index in [1.807, 2.05) is 0 Å². The van der Waals surface area contributed by atoms with Crippen LogP contribution in [0.4, 0.5) is 5.82 Å². The lowest BCUT2D eigenvalue weighted by Gasteiger charge is -2.07. The van der Waals surface area contributed by atoms with Gasteiger partial charge >= 0.3 is 5.97 Å². The molecular weight excluding hydrogens is 370 g/mol. The van der Waals surface area contributed by atoms with Gasteiger partial charge < -0.3 is 5.11 Å². The zero-order valence-corrected chi connectivity index (χ0v) is 13.2. The van der Waals surface area contributed by atoms with Crippen LogP contribution < -0.4 is 4.72 Å². The fraction of sp³-hybridized carbons (Fsp3) is 0.100. The van der Waals surface area contributed by atoms with Gasteiger partial charge in [0.25, 0.3) is 10.0 Å². The van der Waals surface area contributed by atoms with E-state index in [2.05, 4.69) is 30.6 Å². The molecule has 2 aromatic heterocycles. The van der Waals surface area contributed by atoms with Crippen LogP contribution in [0.25, 0.3) is 0 Å².